The fourth-order valence-corrected chi connectivity index (χ4v) is 1.82. The first-order chi connectivity index (χ1) is 8.21. The van der Waals surface area contributed by atoms with Crippen LogP contribution in [0.4, 0.5) is 26.3 Å². The summed E-state index contributed by atoms with van der Waals surface area (Å²) in [6.07, 6.45) is -0.593. The smallest absolute Gasteiger partial charge is 0.207 e. The number of hydrogen-bond acceptors (Lipinski definition) is 4. The molecule has 2 N–H and O–H groups in total. The third-order valence-electron chi connectivity index (χ3n) is 1.55. The van der Waals surface area contributed by atoms with Gasteiger partial charge >= 0.3 is 31.1 Å². The Morgan fingerprint density at radius 2 is 0.947 bits per heavy atom. The van der Waals surface area contributed by atoms with Gasteiger partial charge in [0.15, 0.2) is 0 Å². The van der Waals surface area contributed by atoms with Crippen LogP contribution in [0.1, 0.15) is 6.42 Å². The fourth-order valence-electron chi connectivity index (χ4n) is 0.665. The van der Waals surface area contributed by atoms with Crippen LogP contribution in [0.3, 0.4) is 0 Å². The van der Waals surface area contributed by atoms with Crippen molar-refractivity contribution in [2.45, 2.75) is 17.4 Å². The van der Waals surface area contributed by atoms with Gasteiger partial charge in [0.1, 0.15) is 0 Å². The maximum Gasteiger partial charge on any atom is 0.511 e. The van der Waals surface area contributed by atoms with E-state index in [0.29, 0.717) is 0 Å². The molecule has 6 nitrogen and oxygen atoms in total. The molecule has 0 fully saturated rings. The minimum atomic E-state index is -5.59. The lowest BCUT2D eigenvalue weighted by atomic mass is 10.4. The molecule has 0 saturated carbocycles. The molecular weight excluding hydrogens is 330 g/mol. The summed E-state index contributed by atoms with van der Waals surface area (Å²) < 4.78 is 114. The molecule has 116 valence electrons. The highest BCUT2D eigenvalue weighted by atomic mass is 32.2. The van der Waals surface area contributed by atoms with Crippen LogP contribution in [0.2, 0.25) is 0 Å². The number of alkyl halides is 6. The second-order valence-electron chi connectivity index (χ2n) is 3.04. The van der Waals surface area contributed by atoms with Crippen LogP contribution >= 0.6 is 0 Å². The lowest BCUT2D eigenvalue weighted by Crippen LogP contribution is -2.40. The Labute approximate surface area is 104 Å². The molecule has 0 unspecified atom stereocenters. The van der Waals surface area contributed by atoms with Gasteiger partial charge in [-0.1, -0.05) is 0 Å². The summed E-state index contributed by atoms with van der Waals surface area (Å²) in [6.45, 7) is -1.75. The second kappa shape index (κ2) is 5.80. The highest BCUT2D eigenvalue weighted by Gasteiger charge is 2.46. The number of halogens is 6. The zero-order chi connectivity index (χ0) is 15.5. The van der Waals surface area contributed by atoms with E-state index >= 15 is 0 Å². The first kappa shape index (κ1) is 18.4. The SMILES string of the molecule is O=S(=O)(NCCCNS(=O)(=O)C(F)(F)F)C(F)(F)F. The van der Waals surface area contributed by atoms with Gasteiger partial charge in [-0.25, -0.2) is 26.3 Å². The summed E-state index contributed by atoms with van der Waals surface area (Å²) >= 11 is 0. The van der Waals surface area contributed by atoms with E-state index in [0.717, 1.165) is 9.44 Å². The van der Waals surface area contributed by atoms with E-state index in [-0.39, 0.29) is 0 Å². The zero-order valence-corrected chi connectivity index (χ0v) is 10.5. The molecule has 0 heterocycles. The zero-order valence-electron chi connectivity index (χ0n) is 8.84. The summed E-state index contributed by atoms with van der Waals surface area (Å²) in [7, 11) is -11.2. The molecule has 0 amide bonds. The third kappa shape index (κ3) is 5.50. The first-order valence-corrected chi connectivity index (χ1v) is 7.29. The third-order valence-corrected chi connectivity index (χ3v) is 3.93. The molecule has 19 heavy (non-hydrogen) atoms. The van der Waals surface area contributed by atoms with Crippen LogP contribution in [0.25, 0.3) is 0 Å². The lowest BCUT2D eigenvalue weighted by Gasteiger charge is -2.11. The highest BCUT2D eigenvalue weighted by molar-refractivity contribution is 7.90. The van der Waals surface area contributed by atoms with Gasteiger partial charge in [0.25, 0.3) is 0 Å². The molecular formula is C5H8F6N2O4S2. The van der Waals surface area contributed by atoms with Gasteiger partial charge in [-0.2, -0.15) is 26.3 Å². The average molecular weight is 338 g/mol. The summed E-state index contributed by atoms with van der Waals surface area (Å²) in [5.74, 6) is 0. The number of nitrogens with one attached hydrogen (secondary N) is 2. The van der Waals surface area contributed by atoms with Crippen molar-refractivity contribution in [3.05, 3.63) is 0 Å². The molecule has 0 aromatic rings. The Bertz CT molecular complexity index is 447. The van der Waals surface area contributed by atoms with Crippen LogP contribution in [0, 0.1) is 0 Å². The van der Waals surface area contributed by atoms with E-state index in [1.54, 1.807) is 0 Å². The number of rotatable bonds is 6. The summed E-state index contributed by atoms with van der Waals surface area (Å²) in [4.78, 5) is 0. The maximum atomic E-state index is 11.8. The molecule has 0 saturated heterocycles. The Balaban J connectivity index is 4.18. The van der Waals surface area contributed by atoms with Crippen LogP contribution in [0.5, 0.6) is 0 Å². The number of sulfonamides is 2. The van der Waals surface area contributed by atoms with Crippen molar-refractivity contribution in [1.82, 2.24) is 9.44 Å². The van der Waals surface area contributed by atoms with E-state index in [1.807, 2.05) is 0 Å². The summed E-state index contributed by atoms with van der Waals surface area (Å²) in [6, 6.07) is 0. The monoisotopic (exact) mass is 338 g/mol. The van der Waals surface area contributed by atoms with Gasteiger partial charge in [0.05, 0.1) is 0 Å². The molecule has 0 spiro atoms. The summed E-state index contributed by atoms with van der Waals surface area (Å²) in [5, 5.41) is 0. The predicted molar refractivity (Wildman–Crippen MR) is 50.6 cm³/mol. The van der Waals surface area contributed by atoms with Crippen molar-refractivity contribution >= 4 is 20.0 Å². The van der Waals surface area contributed by atoms with Gasteiger partial charge in [0, 0.05) is 13.1 Å². The first-order valence-electron chi connectivity index (χ1n) is 4.32. The fraction of sp³-hybridized carbons (Fsp3) is 1.00. The van der Waals surface area contributed by atoms with Crippen LogP contribution in [0.15, 0.2) is 0 Å². The Kier molecular flexibility index (Phi) is 5.62. The van der Waals surface area contributed by atoms with E-state index in [9.17, 15) is 43.2 Å². The minimum Gasteiger partial charge on any atom is -0.207 e. The molecule has 14 heteroatoms. The molecule has 0 atom stereocenters. The van der Waals surface area contributed by atoms with Gasteiger partial charge in [-0.05, 0) is 6.42 Å². The maximum absolute atomic E-state index is 11.8. The summed E-state index contributed by atoms with van der Waals surface area (Å²) in [5.41, 5.74) is -11.1. The van der Waals surface area contributed by atoms with Gasteiger partial charge in [0.2, 0.25) is 0 Å². The largest absolute Gasteiger partial charge is 0.511 e. The van der Waals surface area contributed by atoms with E-state index < -0.39 is 50.6 Å². The van der Waals surface area contributed by atoms with Crippen LogP contribution < -0.4 is 9.44 Å². The van der Waals surface area contributed by atoms with Crippen molar-refractivity contribution in [3.8, 4) is 0 Å². The molecule has 0 aliphatic heterocycles. The van der Waals surface area contributed by atoms with E-state index in [4.69, 9.17) is 0 Å². The minimum absolute atomic E-state index is 0.593. The van der Waals surface area contributed by atoms with E-state index in [1.165, 1.54) is 0 Å². The topological polar surface area (TPSA) is 92.3 Å². The van der Waals surface area contributed by atoms with E-state index in [2.05, 4.69) is 0 Å². The lowest BCUT2D eigenvalue weighted by molar-refractivity contribution is -0.0451. The highest BCUT2D eigenvalue weighted by Crippen LogP contribution is 2.22. The Hall–Kier alpha value is -0.600. The van der Waals surface area contributed by atoms with Crippen molar-refractivity contribution in [2.24, 2.45) is 0 Å². The molecule has 0 rings (SSSR count). The molecule has 0 bridgehead atoms. The molecule has 0 aliphatic rings. The predicted octanol–water partition coefficient (Wildman–Crippen LogP) is 0.255. The quantitative estimate of drug-likeness (QED) is 0.537. The molecule has 0 aliphatic carbocycles. The second-order valence-corrected chi connectivity index (χ2v) is 6.56. The van der Waals surface area contributed by atoms with Crippen LogP contribution in [-0.2, 0) is 20.0 Å². The molecule has 0 aromatic carbocycles. The van der Waals surface area contributed by atoms with Crippen LogP contribution in [-0.4, -0.2) is 40.9 Å². The average Bonchev–Trinajstić information content (AvgIpc) is 2.12. The standard InChI is InChI=1S/C5H8F6N2O4S2/c6-4(7,8)18(14,15)12-2-1-3-13-19(16,17)5(9,10)11/h12-13H,1-3H2. The van der Waals surface area contributed by atoms with Crippen molar-refractivity contribution in [2.75, 3.05) is 13.1 Å². The Morgan fingerprint density at radius 1 is 0.684 bits per heavy atom. The van der Waals surface area contributed by atoms with Crippen molar-refractivity contribution < 1.29 is 43.2 Å². The molecule has 0 aromatic heterocycles. The molecule has 0 radical (unpaired) electrons. The normalized spacial score (nSPS) is 14.6. The van der Waals surface area contributed by atoms with Gasteiger partial charge in [-0.3, -0.25) is 0 Å². The Morgan fingerprint density at radius 3 is 1.16 bits per heavy atom. The van der Waals surface area contributed by atoms with Crippen molar-refractivity contribution in [3.63, 3.8) is 0 Å². The number of hydrogen-bond donors (Lipinski definition) is 2. The van der Waals surface area contributed by atoms with Crippen molar-refractivity contribution in [1.29, 1.82) is 0 Å². The van der Waals surface area contributed by atoms with Gasteiger partial charge in [-0.15, -0.1) is 0 Å². The van der Waals surface area contributed by atoms with Gasteiger partial charge < -0.3 is 0 Å².